The van der Waals surface area contributed by atoms with E-state index in [-0.39, 0.29) is 11.3 Å². The predicted molar refractivity (Wildman–Crippen MR) is 103 cm³/mol. The molecule has 0 unspecified atom stereocenters. The zero-order valence-electron chi connectivity index (χ0n) is 13.3. The van der Waals surface area contributed by atoms with Crippen LogP contribution in [-0.2, 0) is 4.74 Å². The molecule has 1 aromatic carbocycles. The summed E-state index contributed by atoms with van der Waals surface area (Å²) in [7, 11) is 0. The van der Waals surface area contributed by atoms with E-state index in [1.807, 2.05) is 4.90 Å². The second-order valence-corrected chi connectivity index (χ2v) is 8.06. The van der Waals surface area contributed by atoms with Gasteiger partial charge in [0, 0.05) is 30.8 Å². The first-order valence-corrected chi connectivity index (χ1v) is 8.98. The lowest BCUT2D eigenvalue weighted by Crippen LogP contribution is -2.59. The fourth-order valence-corrected chi connectivity index (χ4v) is 2.78. The van der Waals surface area contributed by atoms with Crippen molar-refractivity contribution in [3.8, 4) is 0 Å². The first kappa shape index (κ1) is 20.9. The molecule has 26 heavy (non-hydrogen) atoms. The third kappa shape index (κ3) is 5.82. The van der Waals surface area contributed by atoms with Gasteiger partial charge in [-0.1, -0.05) is 40.9 Å². The summed E-state index contributed by atoms with van der Waals surface area (Å²) in [6, 6.07) is 5.21. The van der Waals surface area contributed by atoms with Gasteiger partial charge >= 0.3 is 0 Å². The van der Waals surface area contributed by atoms with Crippen molar-refractivity contribution in [2.45, 2.75) is 9.96 Å². The summed E-state index contributed by atoms with van der Waals surface area (Å²) in [5.41, 5.74) is -0.169. The molecule has 1 aliphatic rings. The van der Waals surface area contributed by atoms with Gasteiger partial charge in [-0.3, -0.25) is 14.9 Å². The highest BCUT2D eigenvalue weighted by Gasteiger charge is 2.35. The van der Waals surface area contributed by atoms with Crippen LogP contribution in [0.3, 0.4) is 0 Å². The minimum Gasteiger partial charge on any atom is -0.378 e. The number of nitrogens with one attached hydrogen (secondary N) is 2. The average Bonchev–Trinajstić information content (AvgIpc) is 2.61. The summed E-state index contributed by atoms with van der Waals surface area (Å²) >= 11 is 23.1. The van der Waals surface area contributed by atoms with Crippen LogP contribution in [0.15, 0.2) is 24.3 Å². The SMILES string of the molecule is O=C(N[C@H](NC(=S)N1CCOCC1)C(Cl)(Cl)Cl)c1cccc([N+](=O)[O-])c1. The van der Waals surface area contributed by atoms with E-state index in [4.69, 9.17) is 51.8 Å². The van der Waals surface area contributed by atoms with Crippen LogP contribution in [0.2, 0.25) is 0 Å². The second-order valence-electron chi connectivity index (χ2n) is 5.30. The Balaban J connectivity index is 2.09. The standard InChI is InChI=1S/C14H15Cl3N4O4S/c15-14(16,17)12(19-13(26)20-4-6-25-7-5-20)18-11(22)9-2-1-3-10(8-9)21(23)24/h1-3,8,12H,4-7H2,(H,18,22)(H,19,26)/t12-/m1/s1. The van der Waals surface area contributed by atoms with E-state index in [0.717, 1.165) is 6.07 Å². The Bertz CT molecular complexity index is 695. The van der Waals surface area contributed by atoms with Gasteiger partial charge in [-0.2, -0.15) is 0 Å². The van der Waals surface area contributed by atoms with Crippen molar-refractivity contribution in [3.05, 3.63) is 39.9 Å². The van der Waals surface area contributed by atoms with Crippen LogP contribution >= 0.6 is 47.0 Å². The maximum absolute atomic E-state index is 12.4. The summed E-state index contributed by atoms with van der Waals surface area (Å²) in [4.78, 5) is 24.5. The molecule has 1 aromatic rings. The summed E-state index contributed by atoms with van der Waals surface area (Å²) in [5, 5.41) is 16.4. The molecule has 1 saturated heterocycles. The number of rotatable bonds is 4. The predicted octanol–water partition coefficient (Wildman–Crippen LogP) is 2.23. The smallest absolute Gasteiger partial charge is 0.270 e. The Morgan fingerprint density at radius 2 is 1.96 bits per heavy atom. The number of hydrogen-bond donors (Lipinski definition) is 2. The quantitative estimate of drug-likeness (QED) is 0.243. The van der Waals surface area contributed by atoms with Gasteiger partial charge in [0.15, 0.2) is 5.11 Å². The molecule has 1 heterocycles. The molecule has 0 saturated carbocycles. The van der Waals surface area contributed by atoms with Crippen LogP contribution in [-0.4, -0.2) is 57.1 Å². The summed E-state index contributed by atoms with van der Waals surface area (Å²) in [6.45, 7) is 2.16. The lowest BCUT2D eigenvalue weighted by molar-refractivity contribution is -0.384. The van der Waals surface area contributed by atoms with E-state index in [0.29, 0.717) is 31.4 Å². The number of benzene rings is 1. The Labute approximate surface area is 169 Å². The average molecular weight is 442 g/mol. The topological polar surface area (TPSA) is 96.7 Å². The molecule has 2 N–H and O–H groups in total. The van der Waals surface area contributed by atoms with E-state index in [1.165, 1.54) is 18.2 Å². The number of thiocarbonyl (C=S) groups is 1. The summed E-state index contributed by atoms with van der Waals surface area (Å²) in [5.74, 6) is -0.651. The molecule has 0 radical (unpaired) electrons. The summed E-state index contributed by atoms with van der Waals surface area (Å²) < 4.78 is 3.33. The number of non-ortho nitro benzene ring substituents is 1. The Hall–Kier alpha value is -1.39. The molecule has 1 atom stereocenters. The number of nitrogens with zero attached hydrogens (tertiary/aromatic N) is 2. The molecule has 8 nitrogen and oxygen atoms in total. The highest BCUT2D eigenvalue weighted by Crippen LogP contribution is 2.29. The molecule has 12 heteroatoms. The maximum Gasteiger partial charge on any atom is 0.270 e. The molecule has 0 aromatic heterocycles. The fourth-order valence-electron chi connectivity index (χ4n) is 2.16. The molecule has 1 amide bonds. The Morgan fingerprint density at radius 3 is 2.54 bits per heavy atom. The molecule has 0 aliphatic carbocycles. The highest BCUT2D eigenvalue weighted by atomic mass is 35.6. The molecular weight excluding hydrogens is 427 g/mol. The number of morpholine rings is 1. The largest absolute Gasteiger partial charge is 0.378 e. The van der Waals surface area contributed by atoms with E-state index >= 15 is 0 Å². The van der Waals surface area contributed by atoms with Crippen LogP contribution in [0.1, 0.15) is 10.4 Å². The molecule has 0 bridgehead atoms. The van der Waals surface area contributed by atoms with Crippen molar-refractivity contribution in [1.29, 1.82) is 0 Å². The van der Waals surface area contributed by atoms with Crippen LogP contribution in [0, 0.1) is 10.1 Å². The van der Waals surface area contributed by atoms with Crippen LogP contribution in [0.25, 0.3) is 0 Å². The number of alkyl halides is 3. The van der Waals surface area contributed by atoms with E-state index < -0.39 is 20.8 Å². The molecule has 1 aliphatic heterocycles. The Morgan fingerprint density at radius 1 is 1.31 bits per heavy atom. The number of ether oxygens (including phenoxy) is 1. The van der Waals surface area contributed by atoms with Gasteiger partial charge in [-0.25, -0.2) is 0 Å². The van der Waals surface area contributed by atoms with Crippen molar-refractivity contribution in [2.75, 3.05) is 26.3 Å². The van der Waals surface area contributed by atoms with Crippen LogP contribution in [0.5, 0.6) is 0 Å². The van der Waals surface area contributed by atoms with Gasteiger partial charge in [0.2, 0.25) is 3.79 Å². The first-order chi connectivity index (χ1) is 12.2. The van der Waals surface area contributed by atoms with Gasteiger partial charge in [0.05, 0.1) is 18.1 Å². The third-order valence-electron chi connectivity index (χ3n) is 3.49. The number of carbonyl (C=O) groups excluding carboxylic acids is 1. The maximum atomic E-state index is 12.4. The number of amides is 1. The molecule has 1 fully saturated rings. The van der Waals surface area contributed by atoms with Crippen molar-refractivity contribution >= 4 is 63.7 Å². The fraction of sp³-hybridized carbons (Fsp3) is 0.429. The minimum atomic E-state index is -1.91. The zero-order chi connectivity index (χ0) is 19.3. The van der Waals surface area contributed by atoms with Crippen molar-refractivity contribution < 1.29 is 14.5 Å². The van der Waals surface area contributed by atoms with Gasteiger partial charge in [-0.15, -0.1) is 0 Å². The lowest BCUT2D eigenvalue weighted by Gasteiger charge is -2.34. The zero-order valence-corrected chi connectivity index (χ0v) is 16.4. The van der Waals surface area contributed by atoms with Gasteiger partial charge in [-0.05, 0) is 18.3 Å². The van der Waals surface area contributed by atoms with E-state index in [2.05, 4.69) is 10.6 Å². The second kappa shape index (κ2) is 9.01. The lowest BCUT2D eigenvalue weighted by atomic mass is 10.2. The molecular formula is C14H15Cl3N4O4S. The van der Waals surface area contributed by atoms with Crippen molar-refractivity contribution in [3.63, 3.8) is 0 Å². The van der Waals surface area contributed by atoms with Gasteiger partial charge < -0.3 is 20.3 Å². The molecule has 2 rings (SSSR count). The number of hydrogen-bond acceptors (Lipinski definition) is 5. The third-order valence-corrected chi connectivity index (χ3v) is 4.52. The van der Waals surface area contributed by atoms with Crippen molar-refractivity contribution in [2.24, 2.45) is 0 Å². The van der Waals surface area contributed by atoms with Crippen LogP contribution < -0.4 is 10.6 Å². The number of nitro groups is 1. The van der Waals surface area contributed by atoms with Crippen LogP contribution in [0.4, 0.5) is 5.69 Å². The van der Waals surface area contributed by atoms with Gasteiger partial charge in [0.1, 0.15) is 6.17 Å². The minimum absolute atomic E-state index is 0.0533. The molecule has 0 spiro atoms. The van der Waals surface area contributed by atoms with E-state index in [9.17, 15) is 14.9 Å². The molecule has 142 valence electrons. The highest BCUT2D eigenvalue weighted by molar-refractivity contribution is 7.80. The van der Waals surface area contributed by atoms with Crippen molar-refractivity contribution in [1.82, 2.24) is 15.5 Å². The Kier molecular flexibility index (Phi) is 7.24. The van der Waals surface area contributed by atoms with Gasteiger partial charge in [0.25, 0.3) is 11.6 Å². The normalized spacial score (nSPS) is 15.9. The number of nitro benzene ring substituents is 1. The monoisotopic (exact) mass is 440 g/mol. The van der Waals surface area contributed by atoms with E-state index in [1.54, 1.807) is 0 Å². The first-order valence-electron chi connectivity index (χ1n) is 7.43. The number of carbonyl (C=O) groups is 1. The number of halogens is 3. The summed E-state index contributed by atoms with van der Waals surface area (Å²) in [6.07, 6.45) is -1.14.